The third-order valence-corrected chi connectivity index (χ3v) is 3.23. The van der Waals surface area contributed by atoms with E-state index in [1.165, 1.54) is 0 Å². The molecule has 0 fully saturated rings. The third-order valence-electron chi connectivity index (χ3n) is 2.64. The number of ether oxygens (including phenoxy) is 1. The van der Waals surface area contributed by atoms with Crippen LogP contribution in [-0.2, 0) is 6.54 Å². The first kappa shape index (κ1) is 11.5. The predicted octanol–water partition coefficient (Wildman–Crippen LogP) is 3.23. The molecule has 0 unspecified atom stereocenters. The zero-order valence-electron chi connectivity index (χ0n) is 9.56. The highest BCUT2D eigenvalue weighted by Gasteiger charge is 2.13. The maximum Gasteiger partial charge on any atom is 0.149 e. The van der Waals surface area contributed by atoms with Gasteiger partial charge < -0.3 is 14.5 Å². The average Bonchev–Trinajstić information content (AvgIpc) is 2.58. The van der Waals surface area contributed by atoms with E-state index in [1.807, 2.05) is 19.2 Å². The van der Waals surface area contributed by atoms with Gasteiger partial charge in [-0.1, -0.05) is 0 Å². The molecule has 1 N–H and O–H groups in total. The zero-order valence-corrected chi connectivity index (χ0v) is 11.1. The second kappa shape index (κ2) is 4.47. The van der Waals surface area contributed by atoms with Crippen LogP contribution in [-0.4, -0.2) is 14.2 Å². The first-order valence-electron chi connectivity index (χ1n) is 5.07. The highest BCUT2D eigenvalue weighted by atomic mass is 79.9. The van der Waals surface area contributed by atoms with E-state index in [9.17, 15) is 0 Å². The number of halogens is 1. The molecule has 0 radical (unpaired) electrons. The Kier molecular flexibility index (Phi) is 3.21. The van der Waals surface area contributed by atoms with Gasteiger partial charge in [-0.05, 0) is 47.6 Å². The second-order valence-electron chi connectivity index (χ2n) is 3.67. The molecule has 2 rings (SSSR count). The van der Waals surface area contributed by atoms with Gasteiger partial charge in [-0.15, -0.1) is 0 Å². The zero-order chi connectivity index (χ0) is 11.7. The van der Waals surface area contributed by atoms with E-state index >= 15 is 0 Å². The lowest BCUT2D eigenvalue weighted by atomic mass is 10.1. The molecule has 86 valence electrons. The highest BCUT2D eigenvalue weighted by molar-refractivity contribution is 9.10. The Morgan fingerprint density at radius 2 is 2.19 bits per heavy atom. The first-order valence-corrected chi connectivity index (χ1v) is 5.86. The quantitative estimate of drug-likeness (QED) is 0.939. The van der Waals surface area contributed by atoms with Crippen LogP contribution in [0.1, 0.15) is 11.3 Å². The van der Waals surface area contributed by atoms with Gasteiger partial charge in [0.15, 0.2) is 0 Å². The number of nitrogens with one attached hydrogen (secondary N) is 1. The van der Waals surface area contributed by atoms with Crippen LogP contribution < -0.4 is 10.1 Å². The van der Waals surface area contributed by atoms with Crippen LogP contribution in [0.3, 0.4) is 0 Å². The van der Waals surface area contributed by atoms with Crippen molar-refractivity contribution in [1.82, 2.24) is 5.32 Å². The van der Waals surface area contributed by atoms with Gasteiger partial charge in [0.1, 0.15) is 17.1 Å². The third kappa shape index (κ3) is 1.83. The lowest BCUT2D eigenvalue weighted by Gasteiger charge is -2.00. The van der Waals surface area contributed by atoms with Gasteiger partial charge in [-0.3, -0.25) is 0 Å². The summed E-state index contributed by atoms with van der Waals surface area (Å²) in [6.07, 6.45) is 0. The van der Waals surface area contributed by atoms with E-state index in [0.717, 1.165) is 39.1 Å². The van der Waals surface area contributed by atoms with Crippen molar-refractivity contribution in [2.24, 2.45) is 0 Å². The Morgan fingerprint density at radius 3 is 2.81 bits per heavy atom. The fraction of sp³-hybridized carbons (Fsp3) is 0.333. The van der Waals surface area contributed by atoms with Crippen LogP contribution in [0, 0.1) is 6.92 Å². The van der Waals surface area contributed by atoms with Crippen LogP contribution in [0.4, 0.5) is 0 Å². The minimum Gasteiger partial charge on any atom is -0.497 e. The van der Waals surface area contributed by atoms with Crippen LogP contribution >= 0.6 is 15.9 Å². The van der Waals surface area contributed by atoms with Gasteiger partial charge in [0, 0.05) is 5.39 Å². The Labute approximate surface area is 103 Å². The predicted molar refractivity (Wildman–Crippen MR) is 68.0 cm³/mol. The monoisotopic (exact) mass is 283 g/mol. The number of aryl methyl sites for hydroxylation is 1. The molecule has 4 heteroatoms. The fourth-order valence-electron chi connectivity index (χ4n) is 1.75. The minimum atomic E-state index is 0.731. The molecule has 0 aliphatic carbocycles. The normalized spacial score (nSPS) is 11.0. The summed E-state index contributed by atoms with van der Waals surface area (Å²) < 4.78 is 12.0. The Bertz CT molecular complexity index is 519. The van der Waals surface area contributed by atoms with E-state index in [1.54, 1.807) is 7.11 Å². The van der Waals surface area contributed by atoms with Gasteiger partial charge in [0.05, 0.1) is 18.1 Å². The summed E-state index contributed by atoms with van der Waals surface area (Å²) in [5.74, 6) is 1.80. The van der Waals surface area contributed by atoms with Crippen molar-refractivity contribution in [2.75, 3.05) is 14.2 Å². The molecule has 2 aromatic rings. The second-order valence-corrected chi connectivity index (χ2v) is 4.52. The molecular formula is C12H14BrNO2. The van der Waals surface area contributed by atoms with Crippen molar-refractivity contribution in [3.05, 3.63) is 27.9 Å². The summed E-state index contributed by atoms with van der Waals surface area (Å²) >= 11 is 3.49. The molecule has 0 amide bonds. The lowest BCUT2D eigenvalue weighted by molar-refractivity contribution is 0.415. The number of methoxy groups -OCH3 is 1. The number of benzene rings is 1. The van der Waals surface area contributed by atoms with Gasteiger partial charge in [-0.2, -0.15) is 0 Å². The molecule has 0 saturated heterocycles. The number of hydrogen-bond acceptors (Lipinski definition) is 3. The van der Waals surface area contributed by atoms with Gasteiger partial charge in [-0.25, -0.2) is 0 Å². The largest absolute Gasteiger partial charge is 0.497 e. The molecule has 16 heavy (non-hydrogen) atoms. The summed E-state index contributed by atoms with van der Waals surface area (Å²) in [5, 5.41) is 4.19. The first-order chi connectivity index (χ1) is 7.67. The topological polar surface area (TPSA) is 34.4 Å². The molecule has 1 aromatic carbocycles. The van der Waals surface area contributed by atoms with Crippen molar-refractivity contribution in [3.63, 3.8) is 0 Å². The minimum absolute atomic E-state index is 0.731. The Hall–Kier alpha value is -1.00. The van der Waals surface area contributed by atoms with Gasteiger partial charge in [0.2, 0.25) is 0 Å². The summed E-state index contributed by atoms with van der Waals surface area (Å²) in [4.78, 5) is 0. The van der Waals surface area contributed by atoms with Crippen LogP contribution in [0.25, 0.3) is 11.0 Å². The van der Waals surface area contributed by atoms with E-state index in [4.69, 9.17) is 9.15 Å². The molecule has 0 saturated carbocycles. The molecule has 0 aliphatic rings. The van der Waals surface area contributed by atoms with Crippen LogP contribution in [0.2, 0.25) is 0 Å². The van der Waals surface area contributed by atoms with E-state index in [2.05, 4.69) is 28.2 Å². The molecule has 0 spiro atoms. The summed E-state index contributed by atoms with van der Waals surface area (Å²) in [6.45, 7) is 2.79. The summed E-state index contributed by atoms with van der Waals surface area (Å²) in [6, 6.07) is 3.91. The highest BCUT2D eigenvalue weighted by Crippen LogP contribution is 2.34. The molecule has 1 aromatic heterocycles. The van der Waals surface area contributed by atoms with Crippen molar-refractivity contribution in [2.45, 2.75) is 13.5 Å². The van der Waals surface area contributed by atoms with Crippen molar-refractivity contribution >= 4 is 26.9 Å². The number of hydrogen-bond donors (Lipinski definition) is 1. The molecule has 0 bridgehead atoms. The number of furan rings is 1. The van der Waals surface area contributed by atoms with Gasteiger partial charge in [0.25, 0.3) is 0 Å². The average molecular weight is 284 g/mol. The molecule has 1 heterocycles. The molecule has 3 nitrogen and oxygen atoms in total. The van der Waals surface area contributed by atoms with Crippen LogP contribution in [0.15, 0.2) is 21.0 Å². The summed E-state index contributed by atoms with van der Waals surface area (Å²) in [7, 11) is 3.57. The van der Waals surface area contributed by atoms with E-state index in [0.29, 0.717) is 0 Å². The smallest absolute Gasteiger partial charge is 0.149 e. The van der Waals surface area contributed by atoms with Crippen LogP contribution in [0.5, 0.6) is 5.75 Å². The van der Waals surface area contributed by atoms with E-state index in [-0.39, 0.29) is 0 Å². The van der Waals surface area contributed by atoms with E-state index < -0.39 is 0 Å². The Balaban J connectivity index is 2.66. The van der Waals surface area contributed by atoms with Crippen molar-refractivity contribution in [3.8, 4) is 5.75 Å². The lowest BCUT2D eigenvalue weighted by Crippen LogP contribution is -2.04. The number of fused-ring (bicyclic) bond motifs is 1. The maximum absolute atomic E-state index is 5.80. The molecular weight excluding hydrogens is 270 g/mol. The van der Waals surface area contributed by atoms with Gasteiger partial charge >= 0.3 is 0 Å². The van der Waals surface area contributed by atoms with Crippen molar-refractivity contribution < 1.29 is 9.15 Å². The SMILES string of the molecule is CNCc1oc2c(Br)cc(OC)cc2c1C. The fourth-order valence-corrected chi connectivity index (χ4v) is 2.27. The molecule has 0 atom stereocenters. The molecule has 0 aliphatic heterocycles. The van der Waals surface area contributed by atoms with Crippen molar-refractivity contribution in [1.29, 1.82) is 0 Å². The number of rotatable bonds is 3. The standard InChI is InChI=1S/C12H14BrNO2/c1-7-9-4-8(15-3)5-10(13)12(9)16-11(7)6-14-2/h4-5,14H,6H2,1-3H3. The summed E-state index contributed by atoms with van der Waals surface area (Å²) in [5.41, 5.74) is 2.03. The Morgan fingerprint density at radius 1 is 1.44 bits per heavy atom. The maximum atomic E-state index is 5.80.